The van der Waals surface area contributed by atoms with E-state index in [0.717, 1.165) is 41.1 Å². The average Bonchev–Trinajstić information content (AvgIpc) is 3.25. The lowest BCUT2D eigenvalue weighted by atomic mass is 10.0. The number of aromatic nitrogens is 1. The highest BCUT2D eigenvalue weighted by molar-refractivity contribution is 5.67. The van der Waals surface area contributed by atoms with Crippen LogP contribution in [-0.2, 0) is 6.42 Å². The summed E-state index contributed by atoms with van der Waals surface area (Å²) in [5.74, 6) is 1.32. The summed E-state index contributed by atoms with van der Waals surface area (Å²) in [5.41, 5.74) is 3.83. The Hall–Kier alpha value is -2.46. The molecule has 0 aliphatic carbocycles. The quantitative estimate of drug-likeness (QED) is 0.600. The van der Waals surface area contributed by atoms with Gasteiger partial charge in [0.05, 0.1) is 5.69 Å². The van der Waals surface area contributed by atoms with E-state index in [2.05, 4.69) is 11.8 Å². The van der Waals surface area contributed by atoms with E-state index in [1.807, 2.05) is 37.3 Å². The monoisotopic (exact) mass is 364 g/mol. The topological polar surface area (TPSA) is 29.3 Å². The second kappa shape index (κ2) is 7.65. The molecule has 140 valence electrons. The van der Waals surface area contributed by atoms with Crippen molar-refractivity contribution in [3.8, 4) is 22.6 Å². The Balaban J connectivity index is 1.48. The van der Waals surface area contributed by atoms with Gasteiger partial charge in [-0.05, 0) is 68.6 Å². The van der Waals surface area contributed by atoms with Gasteiger partial charge in [0, 0.05) is 24.6 Å². The van der Waals surface area contributed by atoms with Crippen LogP contribution in [0.4, 0.5) is 4.39 Å². The molecule has 0 saturated carbocycles. The van der Waals surface area contributed by atoms with Gasteiger partial charge < -0.3 is 9.32 Å². The van der Waals surface area contributed by atoms with E-state index in [4.69, 9.17) is 9.40 Å². The molecule has 0 amide bonds. The van der Waals surface area contributed by atoms with Crippen molar-refractivity contribution in [1.82, 2.24) is 9.88 Å². The molecule has 2 aromatic carbocycles. The van der Waals surface area contributed by atoms with E-state index < -0.39 is 0 Å². The minimum atomic E-state index is -0.225. The molecule has 0 radical (unpaired) electrons. The Labute approximate surface area is 159 Å². The highest BCUT2D eigenvalue weighted by Crippen LogP contribution is 2.27. The Kier molecular flexibility index (Phi) is 5.08. The molecule has 0 spiro atoms. The minimum Gasteiger partial charge on any atom is -0.441 e. The third-order valence-corrected chi connectivity index (χ3v) is 5.51. The zero-order chi connectivity index (χ0) is 18.8. The number of halogens is 1. The fraction of sp³-hybridized carbons (Fsp3) is 0.348. The van der Waals surface area contributed by atoms with Crippen LogP contribution in [0.5, 0.6) is 0 Å². The molecule has 1 aliphatic heterocycles. The number of rotatable bonds is 5. The molecule has 1 atom stereocenters. The first-order chi connectivity index (χ1) is 13.1. The maximum atomic E-state index is 13.4. The van der Waals surface area contributed by atoms with Gasteiger partial charge in [-0.25, -0.2) is 9.37 Å². The van der Waals surface area contributed by atoms with Crippen molar-refractivity contribution in [1.29, 1.82) is 0 Å². The van der Waals surface area contributed by atoms with Gasteiger partial charge in [-0.2, -0.15) is 0 Å². The normalized spacial score (nSPS) is 17.5. The molecule has 0 bridgehead atoms. The number of benzene rings is 2. The fourth-order valence-electron chi connectivity index (χ4n) is 3.83. The van der Waals surface area contributed by atoms with Crippen LogP contribution in [0.2, 0.25) is 0 Å². The summed E-state index contributed by atoms with van der Waals surface area (Å²) >= 11 is 0. The molecule has 1 fully saturated rings. The second-order valence-electron chi connectivity index (χ2n) is 7.39. The number of aryl methyl sites for hydroxylation is 1. The zero-order valence-electron chi connectivity index (χ0n) is 15.9. The second-order valence-corrected chi connectivity index (χ2v) is 7.39. The van der Waals surface area contributed by atoms with Gasteiger partial charge in [0.25, 0.3) is 0 Å². The molecule has 27 heavy (non-hydrogen) atoms. The molecule has 1 unspecified atom stereocenters. The van der Waals surface area contributed by atoms with E-state index in [1.54, 1.807) is 12.1 Å². The van der Waals surface area contributed by atoms with Gasteiger partial charge >= 0.3 is 0 Å². The third kappa shape index (κ3) is 3.96. The smallest absolute Gasteiger partial charge is 0.226 e. The molecule has 2 heterocycles. The minimum absolute atomic E-state index is 0.225. The van der Waals surface area contributed by atoms with Crippen molar-refractivity contribution in [2.24, 2.45) is 0 Å². The highest BCUT2D eigenvalue weighted by atomic mass is 19.1. The van der Waals surface area contributed by atoms with Crippen molar-refractivity contribution >= 4 is 0 Å². The summed E-state index contributed by atoms with van der Waals surface area (Å²) in [6, 6.07) is 15.2. The lowest BCUT2D eigenvalue weighted by Crippen LogP contribution is -2.29. The summed E-state index contributed by atoms with van der Waals surface area (Å²) in [4.78, 5) is 7.26. The molecule has 3 nitrogen and oxygen atoms in total. The Morgan fingerprint density at radius 2 is 1.89 bits per heavy atom. The standard InChI is InChI=1S/C23H25FN2O/c1-16-5-4-13-26(16)14-12-22-17(2)27-23(25-22)19-10-8-18(9-11-19)20-6-3-7-21(24)15-20/h3,6-11,15-16H,4-5,12-14H2,1-2H3. The predicted octanol–water partition coefficient (Wildman–Crippen LogP) is 5.48. The van der Waals surface area contributed by atoms with Crippen molar-refractivity contribution in [3.63, 3.8) is 0 Å². The van der Waals surface area contributed by atoms with Crippen molar-refractivity contribution in [2.75, 3.05) is 13.1 Å². The molecule has 1 aliphatic rings. The average molecular weight is 364 g/mol. The van der Waals surface area contributed by atoms with Crippen LogP contribution < -0.4 is 0 Å². The Morgan fingerprint density at radius 3 is 2.59 bits per heavy atom. The van der Waals surface area contributed by atoms with Crippen LogP contribution >= 0.6 is 0 Å². The van der Waals surface area contributed by atoms with Gasteiger partial charge in [-0.3, -0.25) is 0 Å². The molecule has 1 saturated heterocycles. The van der Waals surface area contributed by atoms with E-state index in [-0.39, 0.29) is 5.82 Å². The lowest BCUT2D eigenvalue weighted by molar-refractivity contribution is 0.271. The van der Waals surface area contributed by atoms with Crippen molar-refractivity contribution in [2.45, 2.75) is 39.2 Å². The first-order valence-electron chi connectivity index (χ1n) is 9.67. The Bertz CT molecular complexity index is 916. The summed E-state index contributed by atoms with van der Waals surface area (Å²) in [6.07, 6.45) is 3.50. The van der Waals surface area contributed by atoms with Crippen LogP contribution in [0, 0.1) is 12.7 Å². The van der Waals surface area contributed by atoms with Gasteiger partial charge in [-0.1, -0.05) is 24.3 Å². The van der Waals surface area contributed by atoms with Crippen LogP contribution in [0.1, 0.15) is 31.2 Å². The Morgan fingerprint density at radius 1 is 1.11 bits per heavy atom. The third-order valence-electron chi connectivity index (χ3n) is 5.51. The highest BCUT2D eigenvalue weighted by Gasteiger charge is 2.21. The van der Waals surface area contributed by atoms with Crippen LogP contribution in [-0.4, -0.2) is 29.0 Å². The van der Waals surface area contributed by atoms with Crippen molar-refractivity contribution in [3.05, 3.63) is 65.8 Å². The number of hydrogen-bond donors (Lipinski definition) is 0. The van der Waals surface area contributed by atoms with Crippen LogP contribution in [0.3, 0.4) is 0 Å². The molecule has 1 aromatic heterocycles. The van der Waals surface area contributed by atoms with Gasteiger partial charge in [0.1, 0.15) is 11.6 Å². The molecule has 0 N–H and O–H groups in total. The molecular formula is C23H25FN2O. The number of likely N-dealkylation sites (tertiary alicyclic amines) is 1. The fourth-order valence-corrected chi connectivity index (χ4v) is 3.83. The van der Waals surface area contributed by atoms with E-state index >= 15 is 0 Å². The van der Waals surface area contributed by atoms with E-state index in [9.17, 15) is 4.39 Å². The molecule has 3 aromatic rings. The maximum absolute atomic E-state index is 13.4. The molecule has 4 rings (SSSR count). The zero-order valence-corrected chi connectivity index (χ0v) is 15.9. The first-order valence-corrected chi connectivity index (χ1v) is 9.67. The number of oxazole rings is 1. The summed E-state index contributed by atoms with van der Waals surface area (Å²) in [6.45, 7) is 6.51. The largest absolute Gasteiger partial charge is 0.441 e. The summed E-state index contributed by atoms with van der Waals surface area (Å²) in [7, 11) is 0. The number of hydrogen-bond acceptors (Lipinski definition) is 3. The predicted molar refractivity (Wildman–Crippen MR) is 106 cm³/mol. The first kappa shape index (κ1) is 17.9. The summed E-state index contributed by atoms with van der Waals surface area (Å²) in [5, 5.41) is 0. The van der Waals surface area contributed by atoms with E-state index in [1.165, 1.54) is 25.5 Å². The van der Waals surface area contributed by atoms with Gasteiger partial charge in [-0.15, -0.1) is 0 Å². The van der Waals surface area contributed by atoms with Crippen LogP contribution in [0.25, 0.3) is 22.6 Å². The number of nitrogens with zero attached hydrogens (tertiary/aromatic N) is 2. The van der Waals surface area contributed by atoms with E-state index in [0.29, 0.717) is 11.9 Å². The van der Waals surface area contributed by atoms with Crippen molar-refractivity contribution < 1.29 is 8.81 Å². The van der Waals surface area contributed by atoms with Crippen LogP contribution in [0.15, 0.2) is 52.9 Å². The van der Waals surface area contributed by atoms with Gasteiger partial charge in [0.15, 0.2) is 0 Å². The maximum Gasteiger partial charge on any atom is 0.226 e. The molecule has 4 heteroatoms. The summed E-state index contributed by atoms with van der Waals surface area (Å²) < 4.78 is 19.3. The lowest BCUT2D eigenvalue weighted by Gasteiger charge is -2.20. The van der Waals surface area contributed by atoms with Gasteiger partial charge in [0.2, 0.25) is 5.89 Å². The SMILES string of the molecule is Cc1oc(-c2ccc(-c3cccc(F)c3)cc2)nc1CCN1CCCC1C. The molecular weight excluding hydrogens is 339 g/mol.